The maximum Gasteiger partial charge on any atom is 0.242 e. The fourth-order valence-corrected chi connectivity index (χ4v) is 5.52. The van der Waals surface area contributed by atoms with Crippen LogP contribution in [0.2, 0.25) is 5.02 Å². The normalized spacial score (nSPS) is 14.1. The molecule has 0 unspecified atom stereocenters. The van der Waals surface area contributed by atoms with E-state index in [9.17, 15) is 13.2 Å². The van der Waals surface area contributed by atoms with E-state index < -0.39 is 9.84 Å². The molecule has 41 heavy (non-hydrogen) atoms. The molecule has 0 N–H and O–H groups in total. The van der Waals surface area contributed by atoms with E-state index in [1.54, 1.807) is 29.2 Å². The van der Waals surface area contributed by atoms with Crippen molar-refractivity contribution in [1.82, 2.24) is 14.7 Å². The second kappa shape index (κ2) is 13.1. The first-order valence-corrected chi connectivity index (χ1v) is 15.2. The minimum absolute atomic E-state index is 0. The van der Waals surface area contributed by atoms with E-state index in [1.165, 1.54) is 6.26 Å². The van der Waals surface area contributed by atoms with E-state index in [0.717, 1.165) is 28.1 Å². The van der Waals surface area contributed by atoms with Crippen LogP contribution in [0.25, 0.3) is 0 Å². The molecule has 0 spiro atoms. The monoisotopic (exact) mass is 614 g/mol. The van der Waals surface area contributed by atoms with Gasteiger partial charge in [-0.05, 0) is 48.4 Å². The lowest BCUT2D eigenvalue weighted by Crippen LogP contribution is -2.50. The van der Waals surface area contributed by atoms with Gasteiger partial charge >= 0.3 is 0 Å². The lowest BCUT2D eigenvalue weighted by atomic mass is 10.2. The smallest absolute Gasteiger partial charge is 0.242 e. The second-order valence-corrected chi connectivity index (χ2v) is 12.5. The van der Waals surface area contributed by atoms with Gasteiger partial charge in [-0.25, -0.2) is 8.42 Å². The molecule has 4 aromatic rings. The summed E-state index contributed by atoms with van der Waals surface area (Å²) in [5.74, 6) is 1.32. The molecule has 11 heteroatoms. The zero-order valence-corrected chi connectivity index (χ0v) is 25.3. The largest absolute Gasteiger partial charge is 0.489 e. The Balaban J connectivity index is 0.00000387. The third-order valence-corrected chi connectivity index (χ3v) is 8.25. The fraction of sp³-hybridized carbons (Fsp3) is 0.267. The molecule has 1 aromatic heterocycles. The highest BCUT2D eigenvalue weighted by Gasteiger charge is 2.27. The van der Waals surface area contributed by atoms with Crippen LogP contribution in [-0.2, 0) is 34.3 Å². The van der Waals surface area contributed by atoms with Gasteiger partial charge < -0.3 is 4.74 Å². The standard InChI is InChI=1S/C30H31ClN4O4S.ClH/c1-22-16-29(34-15-14-33(20-30(34)36)18-23-8-11-27(12-9-23)40(2,37)38)32-35(22)19-25-17-26(31)10-13-28(25)39-21-24-6-4-3-5-7-24;/h3-13,16-17H,14-15,18-21H2,1-2H3;1H. The average molecular weight is 616 g/mol. The van der Waals surface area contributed by atoms with Gasteiger partial charge in [0.1, 0.15) is 12.4 Å². The van der Waals surface area contributed by atoms with E-state index in [4.69, 9.17) is 21.4 Å². The number of aryl methyl sites for hydroxylation is 1. The molecule has 2 heterocycles. The molecule has 1 amide bonds. The van der Waals surface area contributed by atoms with Crippen LogP contribution >= 0.6 is 24.0 Å². The summed E-state index contributed by atoms with van der Waals surface area (Å²) in [6.45, 7) is 4.87. The van der Waals surface area contributed by atoms with Gasteiger partial charge in [0.2, 0.25) is 5.91 Å². The van der Waals surface area contributed by atoms with Crippen molar-refractivity contribution in [1.29, 1.82) is 0 Å². The van der Waals surface area contributed by atoms with Crippen LogP contribution in [0.3, 0.4) is 0 Å². The van der Waals surface area contributed by atoms with Gasteiger partial charge in [0.05, 0.1) is 18.0 Å². The lowest BCUT2D eigenvalue weighted by molar-refractivity contribution is -0.121. The van der Waals surface area contributed by atoms with Crippen LogP contribution in [0.1, 0.15) is 22.4 Å². The zero-order chi connectivity index (χ0) is 28.3. The van der Waals surface area contributed by atoms with E-state index in [2.05, 4.69) is 4.90 Å². The quantitative estimate of drug-likeness (QED) is 0.259. The number of benzene rings is 3. The number of hydrogen-bond acceptors (Lipinski definition) is 6. The number of amides is 1. The number of hydrogen-bond donors (Lipinski definition) is 0. The van der Waals surface area contributed by atoms with E-state index in [0.29, 0.717) is 43.6 Å². The fourth-order valence-electron chi connectivity index (χ4n) is 4.69. The summed E-state index contributed by atoms with van der Waals surface area (Å²) < 4.78 is 31.4. The Kier molecular flexibility index (Phi) is 9.76. The zero-order valence-electron chi connectivity index (χ0n) is 22.9. The van der Waals surface area contributed by atoms with Gasteiger partial charge in [0.15, 0.2) is 15.7 Å². The molecule has 1 saturated heterocycles. The highest BCUT2D eigenvalue weighted by Crippen LogP contribution is 2.26. The summed E-state index contributed by atoms with van der Waals surface area (Å²) in [5.41, 5.74) is 3.86. The summed E-state index contributed by atoms with van der Waals surface area (Å²) in [4.78, 5) is 17.2. The topological polar surface area (TPSA) is 84.7 Å². The van der Waals surface area contributed by atoms with E-state index in [-0.39, 0.29) is 29.8 Å². The molecule has 5 rings (SSSR count). The van der Waals surface area contributed by atoms with Crippen LogP contribution in [0.4, 0.5) is 5.82 Å². The molecular weight excluding hydrogens is 583 g/mol. The molecule has 1 aliphatic rings. The Morgan fingerprint density at radius 1 is 0.927 bits per heavy atom. The first-order valence-electron chi connectivity index (χ1n) is 13.0. The van der Waals surface area contributed by atoms with Gasteiger partial charge in [0.25, 0.3) is 0 Å². The molecule has 216 valence electrons. The summed E-state index contributed by atoms with van der Waals surface area (Å²) in [6.07, 6.45) is 1.19. The van der Waals surface area contributed by atoms with Gasteiger partial charge in [-0.15, -0.1) is 12.4 Å². The number of nitrogens with zero attached hydrogens (tertiary/aromatic N) is 4. The van der Waals surface area contributed by atoms with Crippen molar-refractivity contribution in [2.75, 3.05) is 30.8 Å². The van der Waals surface area contributed by atoms with Gasteiger partial charge in [-0.2, -0.15) is 5.10 Å². The van der Waals surface area contributed by atoms with Crippen molar-refractivity contribution in [2.45, 2.75) is 31.5 Å². The Morgan fingerprint density at radius 2 is 1.66 bits per heavy atom. The summed E-state index contributed by atoms with van der Waals surface area (Å²) in [6, 6.07) is 24.3. The number of rotatable bonds is 9. The van der Waals surface area contributed by atoms with Crippen LogP contribution in [0.5, 0.6) is 5.75 Å². The molecule has 0 radical (unpaired) electrons. The number of aromatic nitrogens is 2. The third-order valence-electron chi connectivity index (χ3n) is 6.88. The average Bonchev–Trinajstić information content (AvgIpc) is 3.28. The highest BCUT2D eigenvalue weighted by molar-refractivity contribution is 7.90. The molecular formula is C30H32Cl2N4O4S. The molecule has 1 fully saturated rings. The van der Waals surface area contributed by atoms with Crippen molar-refractivity contribution in [2.24, 2.45) is 0 Å². The SMILES string of the molecule is Cc1cc(N2CCN(Cc3ccc(S(C)(=O)=O)cc3)CC2=O)nn1Cc1cc(Cl)ccc1OCc1ccccc1.Cl. The van der Waals surface area contributed by atoms with Crippen LogP contribution < -0.4 is 9.64 Å². The minimum Gasteiger partial charge on any atom is -0.489 e. The Hall–Kier alpha value is -3.37. The number of carbonyl (C=O) groups is 1. The van der Waals surface area contributed by atoms with Crippen molar-refractivity contribution in [3.63, 3.8) is 0 Å². The molecule has 0 saturated carbocycles. The first kappa shape index (κ1) is 30.6. The third kappa shape index (κ3) is 7.68. The predicted octanol–water partition coefficient (Wildman–Crippen LogP) is 5.15. The Labute approximate surface area is 251 Å². The number of anilines is 1. The Morgan fingerprint density at radius 3 is 2.34 bits per heavy atom. The van der Waals surface area contributed by atoms with Gasteiger partial charge in [-0.3, -0.25) is 19.3 Å². The van der Waals surface area contributed by atoms with E-state index >= 15 is 0 Å². The molecule has 0 atom stereocenters. The van der Waals surface area contributed by atoms with Crippen LogP contribution in [0, 0.1) is 6.92 Å². The Bertz CT molecular complexity index is 1610. The number of piperazine rings is 1. The predicted molar refractivity (Wildman–Crippen MR) is 163 cm³/mol. The highest BCUT2D eigenvalue weighted by atomic mass is 35.5. The van der Waals surface area contributed by atoms with Crippen molar-refractivity contribution in [3.8, 4) is 5.75 Å². The molecule has 8 nitrogen and oxygen atoms in total. The van der Waals surface area contributed by atoms with Crippen molar-refractivity contribution >= 4 is 45.6 Å². The second-order valence-electron chi connectivity index (χ2n) is 10.0. The lowest BCUT2D eigenvalue weighted by Gasteiger charge is -2.33. The number of sulfone groups is 1. The maximum atomic E-state index is 13.1. The van der Waals surface area contributed by atoms with Crippen molar-refractivity contribution in [3.05, 3.63) is 106 Å². The van der Waals surface area contributed by atoms with Crippen molar-refractivity contribution < 1.29 is 17.9 Å². The molecule has 1 aliphatic heterocycles. The minimum atomic E-state index is -3.24. The summed E-state index contributed by atoms with van der Waals surface area (Å²) in [7, 11) is -3.24. The molecule has 0 bridgehead atoms. The summed E-state index contributed by atoms with van der Waals surface area (Å²) >= 11 is 6.32. The first-order chi connectivity index (χ1) is 19.2. The van der Waals surface area contributed by atoms with Gasteiger partial charge in [-0.1, -0.05) is 54.1 Å². The number of halogens is 2. The van der Waals surface area contributed by atoms with Crippen LogP contribution in [0.15, 0.2) is 83.8 Å². The molecule has 3 aromatic carbocycles. The van der Waals surface area contributed by atoms with Gasteiger partial charge in [0, 0.05) is 48.2 Å². The summed E-state index contributed by atoms with van der Waals surface area (Å²) in [5, 5.41) is 5.37. The molecule has 0 aliphatic carbocycles. The van der Waals surface area contributed by atoms with E-state index in [1.807, 2.05) is 66.2 Å². The number of carbonyl (C=O) groups excluding carboxylic acids is 1. The number of ether oxygens (including phenoxy) is 1. The maximum absolute atomic E-state index is 13.1. The van der Waals surface area contributed by atoms with Crippen LogP contribution in [-0.4, -0.2) is 54.9 Å².